The third-order valence-electron chi connectivity index (χ3n) is 4.99. The molecular weight excluding hydrogens is 356 g/mol. The van der Waals surface area contributed by atoms with Crippen LogP contribution < -0.4 is 19.5 Å². The van der Waals surface area contributed by atoms with E-state index >= 15 is 0 Å². The van der Waals surface area contributed by atoms with Crippen molar-refractivity contribution in [2.45, 2.75) is 25.8 Å². The predicted octanol–water partition coefficient (Wildman–Crippen LogP) is 3.95. The van der Waals surface area contributed by atoms with Gasteiger partial charge in [-0.2, -0.15) is 0 Å². The van der Waals surface area contributed by atoms with Gasteiger partial charge >= 0.3 is 0 Å². The lowest BCUT2D eigenvalue weighted by atomic mass is 10.1. The van der Waals surface area contributed by atoms with Crippen molar-refractivity contribution in [2.24, 2.45) is 0 Å². The van der Waals surface area contributed by atoms with Gasteiger partial charge in [-0.1, -0.05) is 18.6 Å². The van der Waals surface area contributed by atoms with Crippen molar-refractivity contribution < 1.29 is 19.0 Å². The molecule has 0 aromatic heterocycles. The molecular formula is C22H28N2O4. The fraction of sp³-hybridized carbons (Fsp3) is 0.409. The number of hydrogen-bond acceptors (Lipinski definition) is 5. The number of nitrogens with zero attached hydrogens (tertiary/aromatic N) is 1. The number of anilines is 1. The van der Waals surface area contributed by atoms with Gasteiger partial charge in [0.2, 0.25) is 5.75 Å². The highest BCUT2D eigenvalue weighted by atomic mass is 16.5. The molecule has 1 saturated heterocycles. The molecule has 0 aliphatic carbocycles. The first kappa shape index (κ1) is 20.0. The number of piperidine rings is 1. The van der Waals surface area contributed by atoms with Crippen molar-refractivity contribution in [1.82, 2.24) is 4.90 Å². The van der Waals surface area contributed by atoms with Crippen molar-refractivity contribution >= 4 is 11.6 Å². The Bertz CT molecular complexity index is 774. The molecule has 1 aliphatic heterocycles. The van der Waals surface area contributed by atoms with E-state index in [0.29, 0.717) is 22.8 Å². The Kier molecular flexibility index (Phi) is 6.76. The molecule has 0 atom stereocenters. The van der Waals surface area contributed by atoms with Crippen molar-refractivity contribution in [3.8, 4) is 17.2 Å². The van der Waals surface area contributed by atoms with Crippen LogP contribution in [0.5, 0.6) is 17.2 Å². The standard InChI is InChI=1S/C22H28N2O4/c1-26-19-13-17(14-20(27-2)21(19)28-3)22(25)23-18-9-7-16(8-10-18)15-24-11-5-4-6-12-24/h7-10,13-14H,4-6,11-12,15H2,1-3H3,(H,23,25). The Balaban J connectivity index is 1.68. The lowest BCUT2D eigenvalue weighted by molar-refractivity contribution is 0.102. The molecule has 0 bridgehead atoms. The van der Waals surface area contributed by atoms with Crippen LogP contribution in [0.2, 0.25) is 0 Å². The lowest BCUT2D eigenvalue weighted by Crippen LogP contribution is -2.29. The van der Waals surface area contributed by atoms with Gasteiger partial charge in [0.05, 0.1) is 21.3 Å². The van der Waals surface area contributed by atoms with E-state index in [0.717, 1.165) is 12.2 Å². The molecule has 1 fully saturated rings. The van der Waals surface area contributed by atoms with E-state index in [4.69, 9.17) is 14.2 Å². The molecule has 1 amide bonds. The smallest absolute Gasteiger partial charge is 0.255 e. The lowest BCUT2D eigenvalue weighted by Gasteiger charge is -2.26. The maximum absolute atomic E-state index is 12.7. The molecule has 0 spiro atoms. The van der Waals surface area contributed by atoms with Crippen LogP contribution in [0.3, 0.4) is 0 Å². The second-order valence-electron chi connectivity index (χ2n) is 6.90. The molecule has 28 heavy (non-hydrogen) atoms. The van der Waals surface area contributed by atoms with E-state index in [1.165, 1.54) is 59.2 Å². The van der Waals surface area contributed by atoms with Crippen molar-refractivity contribution in [3.05, 3.63) is 47.5 Å². The Labute approximate surface area is 166 Å². The molecule has 0 saturated carbocycles. The predicted molar refractivity (Wildman–Crippen MR) is 110 cm³/mol. The number of carbonyl (C=O) groups excluding carboxylic acids is 1. The highest BCUT2D eigenvalue weighted by molar-refractivity contribution is 6.05. The molecule has 6 heteroatoms. The molecule has 6 nitrogen and oxygen atoms in total. The number of benzene rings is 2. The molecule has 0 unspecified atom stereocenters. The maximum atomic E-state index is 12.7. The summed E-state index contributed by atoms with van der Waals surface area (Å²) in [6.45, 7) is 3.29. The van der Waals surface area contributed by atoms with Crippen LogP contribution in [0.15, 0.2) is 36.4 Å². The summed E-state index contributed by atoms with van der Waals surface area (Å²) in [6, 6.07) is 11.3. The largest absolute Gasteiger partial charge is 0.493 e. The van der Waals surface area contributed by atoms with Crippen LogP contribution >= 0.6 is 0 Å². The number of ether oxygens (including phenoxy) is 3. The van der Waals surface area contributed by atoms with E-state index in [-0.39, 0.29) is 5.91 Å². The summed E-state index contributed by atoms with van der Waals surface area (Å²) in [5, 5.41) is 2.92. The van der Waals surface area contributed by atoms with Crippen LogP contribution in [0.4, 0.5) is 5.69 Å². The Morgan fingerprint density at radius 1 is 0.929 bits per heavy atom. The Morgan fingerprint density at radius 3 is 2.07 bits per heavy atom. The number of nitrogens with one attached hydrogen (secondary N) is 1. The van der Waals surface area contributed by atoms with Crippen LogP contribution in [-0.4, -0.2) is 45.2 Å². The molecule has 0 radical (unpaired) electrons. The van der Waals surface area contributed by atoms with Gasteiger partial charge in [-0.15, -0.1) is 0 Å². The number of amides is 1. The van der Waals surface area contributed by atoms with Gasteiger partial charge < -0.3 is 19.5 Å². The highest BCUT2D eigenvalue weighted by Crippen LogP contribution is 2.38. The first-order valence-corrected chi connectivity index (χ1v) is 9.57. The zero-order valence-electron chi connectivity index (χ0n) is 16.8. The van der Waals surface area contributed by atoms with E-state index in [1.54, 1.807) is 12.1 Å². The normalized spacial score (nSPS) is 14.4. The van der Waals surface area contributed by atoms with E-state index in [1.807, 2.05) is 12.1 Å². The molecule has 150 valence electrons. The molecule has 2 aromatic carbocycles. The minimum Gasteiger partial charge on any atom is -0.493 e. The van der Waals surface area contributed by atoms with Crippen LogP contribution in [0.1, 0.15) is 35.2 Å². The van der Waals surface area contributed by atoms with Gasteiger partial charge in [0.25, 0.3) is 5.91 Å². The molecule has 1 N–H and O–H groups in total. The second-order valence-corrected chi connectivity index (χ2v) is 6.90. The number of likely N-dealkylation sites (tertiary alicyclic amines) is 1. The highest BCUT2D eigenvalue weighted by Gasteiger charge is 2.17. The number of rotatable bonds is 7. The van der Waals surface area contributed by atoms with Crippen LogP contribution in [0, 0.1) is 0 Å². The summed E-state index contributed by atoms with van der Waals surface area (Å²) >= 11 is 0. The first-order valence-electron chi connectivity index (χ1n) is 9.57. The summed E-state index contributed by atoms with van der Waals surface area (Å²) in [5.74, 6) is 1.12. The topological polar surface area (TPSA) is 60.0 Å². The van der Waals surface area contributed by atoms with E-state index < -0.39 is 0 Å². The maximum Gasteiger partial charge on any atom is 0.255 e. The van der Waals surface area contributed by atoms with Gasteiger partial charge in [0.15, 0.2) is 11.5 Å². The minimum absolute atomic E-state index is 0.233. The number of carbonyl (C=O) groups is 1. The van der Waals surface area contributed by atoms with Crippen LogP contribution in [-0.2, 0) is 6.54 Å². The van der Waals surface area contributed by atoms with Gasteiger partial charge in [0.1, 0.15) is 0 Å². The van der Waals surface area contributed by atoms with Gasteiger partial charge in [0, 0.05) is 17.8 Å². The zero-order valence-corrected chi connectivity index (χ0v) is 16.8. The number of hydrogen-bond donors (Lipinski definition) is 1. The van der Waals surface area contributed by atoms with Crippen molar-refractivity contribution in [1.29, 1.82) is 0 Å². The average Bonchev–Trinajstić information content (AvgIpc) is 2.74. The molecule has 2 aromatic rings. The summed E-state index contributed by atoms with van der Waals surface area (Å²) in [5.41, 5.74) is 2.45. The fourth-order valence-electron chi connectivity index (χ4n) is 3.48. The molecule has 1 heterocycles. The van der Waals surface area contributed by atoms with Gasteiger partial charge in [-0.25, -0.2) is 0 Å². The third-order valence-corrected chi connectivity index (χ3v) is 4.99. The monoisotopic (exact) mass is 384 g/mol. The zero-order chi connectivity index (χ0) is 19.9. The van der Waals surface area contributed by atoms with Crippen molar-refractivity contribution in [2.75, 3.05) is 39.7 Å². The first-order chi connectivity index (χ1) is 13.6. The second kappa shape index (κ2) is 9.46. The summed E-state index contributed by atoms with van der Waals surface area (Å²) in [4.78, 5) is 15.2. The quantitative estimate of drug-likeness (QED) is 0.783. The van der Waals surface area contributed by atoms with Gasteiger partial charge in [-0.05, 0) is 55.8 Å². The van der Waals surface area contributed by atoms with Crippen molar-refractivity contribution in [3.63, 3.8) is 0 Å². The molecule has 3 rings (SSSR count). The fourth-order valence-corrected chi connectivity index (χ4v) is 3.48. The summed E-state index contributed by atoms with van der Waals surface area (Å²) < 4.78 is 15.9. The average molecular weight is 384 g/mol. The minimum atomic E-state index is -0.233. The SMILES string of the molecule is COc1cc(C(=O)Nc2ccc(CN3CCCCC3)cc2)cc(OC)c1OC. The number of methoxy groups -OCH3 is 3. The van der Waals surface area contributed by atoms with Crippen LogP contribution in [0.25, 0.3) is 0 Å². The van der Waals surface area contributed by atoms with E-state index in [9.17, 15) is 4.79 Å². The van der Waals surface area contributed by atoms with Gasteiger partial charge in [-0.3, -0.25) is 9.69 Å². The van der Waals surface area contributed by atoms with E-state index in [2.05, 4.69) is 22.3 Å². The summed E-state index contributed by atoms with van der Waals surface area (Å²) in [7, 11) is 4.59. The molecule has 1 aliphatic rings. The summed E-state index contributed by atoms with van der Waals surface area (Å²) in [6.07, 6.45) is 3.90. The third kappa shape index (κ3) is 4.75. The Hall–Kier alpha value is -2.73. The Morgan fingerprint density at radius 2 is 1.54 bits per heavy atom.